The van der Waals surface area contributed by atoms with E-state index >= 15 is 0 Å². The number of anilines is 1. The molecule has 1 amide bonds. The number of hydrogen-bond acceptors (Lipinski definition) is 4. The number of amides is 1. The van der Waals surface area contributed by atoms with Gasteiger partial charge in [0.15, 0.2) is 0 Å². The molecule has 2 aromatic rings. The van der Waals surface area contributed by atoms with Gasteiger partial charge in [-0.25, -0.2) is 4.39 Å². The number of fused-ring (bicyclic) bond motifs is 3. The lowest BCUT2D eigenvalue weighted by Crippen LogP contribution is -2.38. The van der Waals surface area contributed by atoms with Gasteiger partial charge in [-0.3, -0.25) is 4.79 Å². The van der Waals surface area contributed by atoms with Crippen molar-refractivity contribution in [3.63, 3.8) is 0 Å². The highest BCUT2D eigenvalue weighted by molar-refractivity contribution is 5.96. The average Bonchev–Trinajstić information content (AvgIpc) is 3.59. The number of halogens is 1. The Balaban J connectivity index is 1.52. The van der Waals surface area contributed by atoms with Crippen molar-refractivity contribution in [3.05, 3.63) is 53.3 Å². The van der Waals surface area contributed by atoms with Gasteiger partial charge < -0.3 is 19.1 Å². The maximum Gasteiger partial charge on any atom is 0.230 e. The number of carbonyl (C=O) groups excluding carboxylic acids is 1. The van der Waals surface area contributed by atoms with Crippen LogP contribution in [-0.2, 0) is 16.1 Å². The van der Waals surface area contributed by atoms with Gasteiger partial charge >= 0.3 is 0 Å². The number of benzene rings is 2. The molecule has 1 saturated carbocycles. The summed E-state index contributed by atoms with van der Waals surface area (Å²) in [5.41, 5.74) is 2.09. The van der Waals surface area contributed by atoms with Gasteiger partial charge in [-0.15, -0.1) is 0 Å². The summed E-state index contributed by atoms with van der Waals surface area (Å²) in [6.45, 7) is 4.38. The van der Waals surface area contributed by atoms with Gasteiger partial charge in [0.05, 0.1) is 19.2 Å². The van der Waals surface area contributed by atoms with E-state index < -0.39 is 0 Å². The first-order valence-corrected chi connectivity index (χ1v) is 10.0. The Labute approximate surface area is 169 Å². The highest BCUT2D eigenvalue weighted by Crippen LogP contribution is 2.57. The zero-order valence-corrected chi connectivity index (χ0v) is 16.8. The van der Waals surface area contributed by atoms with E-state index in [0.717, 1.165) is 29.7 Å². The van der Waals surface area contributed by atoms with E-state index in [9.17, 15) is 9.18 Å². The summed E-state index contributed by atoms with van der Waals surface area (Å²) >= 11 is 0. The molecule has 0 aromatic heterocycles. The molecule has 0 spiro atoms. The Hall–Kier alpha value is -2.60. The molecule has 1 aliphatic carbocycles. The number of methoxy groups -OCH3 is 1. The number of hydrogen-bond donors (Lipinski definition) is 0. The van der Waals surface area contributed by atoms with Crippen molar-refractivity contribution in [2.45, 2.75) is 51.0 Å². The molecule has 1 saturated heterocycles. The van der Waals surface area contributed by atoms with Crippen molar-refractivity contribution >= 4 is 11.6 Å². The van der Waals surface area contributed by atoms with Gasteiger partial charge in [-0.1, -0.05) is 0 Å². The Morgan fingerprint density at radius 2 is 1.93 bits per heavy atom. The fraction of sp³-hybridized carbons (Fsp3) is 0.435. The van der Waals surface area contributed by atoms with Crippen LogP contribution in [0.1, 0.15) is 43.9 Å². The quantitative estimate of drug-likeness (QED) is 0.703. The smallest absolute Gasteiger partial charge is 0.230 e. The summed E-state index contributed by atoms with van der Waals surface area (Å²) in [4.78, 5) is 14.7. The molecule has 5 rings (SSSR count). The molecule has 0 bridgehead atoms. The van der Waals surface area contributed by atoms with Crippen LogP contribution in [0.4, 0.5) is 10.1 Å². The molecule has 2 aromatic carbocycles. The van der Waals surface area contributed by atoms with Crippen molar-refractivity contribution in [2.75, 3.05) is 12.0 Å². The molecule has 2 unspecified atom stereocenters. The minimum Gasteiger partial charge on any atom is -0.496 e. The van der Waals surface area contributed by atoms with E-state index in [-0.39, 0.29) is 35.5 Å². The van der Waals surface area contributed by atoms with Gasteiger partial charge in [0.1, 0.15) is 35.1 Å². The molecule has 6 heteroatoms. The lowest BCUT2D eigenvalue weighted by atomic mass is 9.92. The molecule has 2 atom stereocenters. The van der Waals surface area contributed by atoms with Crippen molar-refractivity contribution < 1.29 is 23.4 Å². The third-order valence-electron chi connectivity index (χ3n) is 5.94. The van der Waals surface area contributed by atoms with Crippen LogP contribution in [0.3, 0.4) is 0 Å². The summed E-state index contributed by atoms with van der Waals surface area (Å²) in [7, 11) is 1.63. The minimum absolute atomic E-state index is 0.000414. The summed E-state index contributed by atoms with van der Waals surface area (Å²) in [5, 5.41) is 0. The fourth-order valence-electron chi connectivity index (χ4n) is 4.19. The van der Waals surface area contributed by atoms with Gasteiger partial charge in [0, 0.05) is 17.2 Å². The van der Waals surface area contributed by atoms with Gasteiger partial charge in [-0.05, 0) is 63.1 Å². The van der Waals surface area contributed by atoms with Crippen molar-refractivity contribution in [1.29, 1.82) is 0 Å². The number of nitrogens with zero attached hydrogens (tertiary/aromatic N) is 1. The van der Waals surface area contributed by atoms with E-state index in [1.54, 1.807) is 24.1 Å². The van der Waals surface area contributed by atoms with Crippen LogP contribution in [0, 0.1) is 11.7 Å². The SMILES string of the molecule is COc1c(CN(C(=O)C2CC2)c2ccc(F)cc2)ccc2c1C1OC1C(C)(C)O2. The first-order chi connectivity index (χ1) is 13.9. The normalized spacial score (nSPS) is 23.4. The van der Waals surface area contributed by atoms with E-state index in [1.807, 2.05) is 26.0 Å². The van der Waals surface area contributed by atoms with Gasteiger partial charge in [-0.2, -0.15) is 0 Å². The highest BCUT2D eigenvalue weighted by Gasteiger charge is 2.58. The molecule has 5 nitrogen and oxygen atoms in total. The molecule has 152 valence electrons. The molecule has 2 heterocycles. The van der Waals surface area contributed by atoms with Crippen molar-refractivity contribution in [3.8, 4) is 11.5 Å². The highest BCUT2D eigenvalue weighted by atomic mass is 19.1. The predicted octanol–water partition coefficient (Wildman–Crippen LogP) is 4.39. The standard InChI is InChI=1S/C23H24FNO4/c1-23(2)21-20(28-21)18-17(29-23)11-6-14(19(18)27-3)12-25(22(26)13-4-5-13)16-9-7-15(24)8-10-16/h6-11,13,20-21H,4-5,12H2,1-3H3. The second-order valence-electron chi connectivity index (χ2n) is 8.53. The van der Waals surface area contributed by atoms with Crippen LogP contribution < -0.4 is 14.4 Å². The number of carbonyl (C=O) groups is 1. The number of rotatable bonds is 5. The summed E-state index contributed by atoms with van der Waals surface area (Å²) in [6.07, 6.45) is 1.75. The van der Waals surface area contributed by atoms with E-state index in [4.69, 9.17) is 14.2 Å². The minimum atomic E-state index is -0.383. The largest absolute Gasteiger partial charge is 0.496 e. The molecule has 2 fully saturated rings. The maximum atomic E-state index is 13.4. The molecular weight excluding hydrogens is 373 g/mol. The predicted molar refractivity (Wildman–Crippen MR) is 106 cm³/mol. The lowest BCUT2D eigenvalue weighted by molar-refractivity contribution is -0.119. The van der Waals surface area contributed by atoms with Crippen LogP contribution >= 0.6 is 0 Å². The van der Waals surface area contributed by atoms with Gasteiger partial charge in [0.2, 0.25) is 5.91 Å². The maximum absolute atomic E-state index is 13.4. The Morgan fingerprint density at radius 3 is 2.59 bits per heavy atom. The Morgan fingerprint density at radius 1 is 1.21 bits per heavy atom. The Bertz CT molecular complexity index is 968. The fourth-order valence-corrected chi connectivity index (χ4v) is 4.19. The molecule has 29 heavy (non-hydrogen) atoms. The number of ether oxygens (including phenoxy) is 3. The van der Waals surface area contributed by atoms with E-state index in [1.165, 1.54) is 12.1 Å². The van der Waals surface area contributed by atoms with Crippen LogP contribution in [0.5, 0.6) is 11.5 Å². The molecule has 0 N–H and O–H groups in total. The van der Waals surface area contributed by atoms with Gasteiger partial charge in [0.25, 0.3) is 0 Å². The molecule has 3 aliphatic rings. The second-order valence-corrected chi connectivity index (χ2v) is 8.53. The first kappa shape index (κ1) is 18.4. The first-order valence-electron chi connectivity index (χ1n) is 10.0. The molecule has 0 radical (unpaired) electrons. The van der Waals surface area contributed by atoms with Crippen molar-refractivity contribution in [2.24, 2.45) is 5.92 Å². The van der Waals surface area contributed by atoms with Crippen LogP contribution in [-0.4, -0.2) is 24.7 Å². The molecule has 2 aliphatic heterocycles. The number of epoxide rings is 1. The topological polar surface area (TPSA) is 51.3 Å². The van der Waals surface area contributed by atoms with E-state index in [0.29, 0.717) is 18.0 Å². The lowest BCUT2D eigenvalue weighted by Gasteiger charge is -2.31. The Kier molecular flexibility index (Phi) is 4.10. The van der Waals surface area contributed by atoms with Crippen LogP contribution in [0.25, 0.3) is 0 Å². The van der Waals surface area contributed by atoms with Crippen LogP contribution in [0.15, 0.2) is 36.4 Å². The molecular formula is C23H24FNO4. The third-order valence-corrected chi connectivity index (χ3v) is 5.94. The summed E-state index contributed by atoms with van der Waals surface area (Å²) in [6, 6.07) is 9.92. The monoisotopic (exact) mass is 397 g/mol. The zero-order valence-electron chi connectivity index (χ0n) is 16.8. The second kappa shape index (κ2) is 6.46. The zero-order chi connectivity index (χ0) is 20.3. The van der Waals surface area contributed by atoms with Crippen molar-refractivity contribution in [1.82, 2.24) is 0 Å². The summed E-state index contributed by atoms with van der Waals surface area (Å²) in [5.74, 6) is 1.24. The van der Waals surface area contributed by atoms with Crippen LogP contribution in [0.2, 0.25) is 0 Å². The third kappa shape index (κ3) is 3.15. The summed E-state index contributed by atoms with van der Waals surface area (Å²) < 4.78 is 31.2. The van der Waals surface area contributed by atoms with E-state index in [2.05, 4.69) is 0 Å². The average molecular weight is 397 g/mol.